The lowest BCUT2D eigenvalue weighted by atomic mass is 10.1. The molecule has 0 amide bonds. The summed E-state index contributed by atoms with van der Waals surface area (Å²) in [5.41, 5.74) is 0.715. The second-order valence-electron chi connectivity index (χ2n) is 4.03. The summed E-state index contributed by atoms with van der Waals surface area (Å²) < 4.78 is 25.1. The summed E-state index contributed by atoms with van der Waals surface area (Å²) in [6.07, 6.45) is -0.0862. The Morgan fingerprint density at radius 2 is 1.90 bits per heavy atom. The van der Waals surface area contributed by atoms with Crippen molar-refractivity contribution in [1.29, 1.82) is 0 Å². The van der Waals surface area contributed by atoms with Gasteiger partial charge in [-0.3, -0.25) is 14.9 Å². The van der Waals surface area contributed by atoms with Gasteiger partial charge in [0.15, 0.2) is 0 Å². The second-order valence-corrected chi connectivity index (χ2v) is 5.96. The fourth-order valence-corrected chi connectivity index (χ4v) is 2.43. The zero-order valence-corrected chi connectivity index (χ0v) is 11.3. The number of carboxylic acids is 1. The highest BCUT2D eigenvalue weighted by Gasteiger charge is 2.12. The third kappa shape index (κ3) is 5.76. The third-order valence-corrected chi connectivity index (χ3v) is 3.85. The van der Waals surface area contributed by atoms with E-state index in [1.165, 1.54) is 12.1 Å². The van der Waals surface area contributed by atoms with Crippen LogP contribution in [0.5, 0.6) is 0 Å². The summed E-state index contributed by atoms with van der Waals surface area (Å²) in [5.74, 6) is -1.64. The van der Waals surface area contributed by atoms with E-state index in [4.69, 9.17) is 5.11 Å². The zero-order chi connectivity index (χ0) is 15.2. The number of hydrogen-bond donors (Lipinski definition) is 2. The van der Waals surface area contributed by atoms with Gasteiger partial charge in [0.2, 0.25) is 10.0 Å². The Bertz CT molecular complexity index is 581. The van der Waals surface area contributed by atoms with E-state index in [1.54, 1.807) is 12.1 Å². The van der Waals surface area contributed by atoms with Crippen LogP contribution in [0, 0.1) is 10.1 Å². The van der Waals surface area contributed by atoms with Gasteiger partial charge in [0.1, 0.15) is 0 Å². The van der Waals surface area contributed by atoms with Gasteiger partial charge >= 0.3 is 5.97 Å². The fourth-order valence-electron chi connectivity index (χ4n) is 1.43. The summed E-state index contributed by atoms with van der Waals surface area (Å²) in [6, 6.07) is 5.77. The van der Waals surface area contributed by atoms with Crippen molar-refractivity contribution in [2.75, 3.05) is 12.3 Å². The molecule has 8 nitrogen and oxygen atoms in total. The molecular weight excluding hydrogens is 288 g/mol. The smallest absolute Gasteiger partial charge is 0.304 e. The van der Waals surface area contributed by atoms with Crippen molar-refractivity contribution in [1.82, 2.24) is 4.72 Å². The van der Waals surface area contributed by atoms with Crippen LogP contribution in [0.4, 0.5) is 5.69 Å². The fraction of sp³-hybridized carbons (Fsp3) is 0.364. The van der Waals surface area contributed by atoms with Crippen LogP contribution < -0.4 is 4.72 Å². The van der Waals surface area contributed by atoms with Crippen LogP contribution in [0.3, 0.4) is 0 Å². The first-order valence-electron chi connectivity index (χ1n) is 5.72. The normalized spacial score (nSPS) is 11.2. The van der Waals surface area contributed by atoms with Crippen LogP contribution in [0.25, 0.3) is 0 Å². The number of non-ortho nitro benzene ring substituents is 1. The van der Waals surface area contributed by atoms with E-state index in [0.29, 0.717) is 6.42 Å². The molecule has 0 bridgehead atoms. The number of carbonyl (C=O) groups is 1. The molecule has 0 radical (unpaired) electrons. The van der Waals surface area contributed by atoms with E-state index in [-0.39, 0.29) is 12.2 Å². The van der Waals surface area contributed by atoms with Gasteiger partial charge in [-0.2, -0.15) is 0 Å². The maximum Gasteiger partial charge on any atom is 0.304 e. The quantitative estimate of drug-likeness (QED) is 0.532. The SMILES string of the molecule is O=C(O)CCS(=O)(=O)NCCc1ccc([N+](=O)[O-])cc1. The number of hydrogen-bond acceptors (Lipinski definition) is 5. The number of aliphatic carboxylic acids is 1. The number of sulfonamides is 1. The number of benzene rings is 1. The molecule has 0 atom stereocenters. The molecule has 1 aromatic carbocycles. The van der Waals surface area contributed by atoms with Gasteiger partial charge in [0, 0.05) is 18.7 Å². The first kappa shape index (κ1) is 16.1. The Morgan fingerprint density at radius 3 is 2.40 bits per heavy atom. The highest BCUT2D eigenvalue weighted by atomic mass is 32.2. The molecule has 0 saturated heterocycles. The molecule has 2 N–H and O–H groups in total. The van der Waals surface area contributed by atoms with E-state index < -0.39 is 33.1 Å². The van der Waals surface area contributed by atoms with Crippen molar-refractivity contribution in [3.8, 4) is 0 Å². The Balaban J connectivity index is 2.44. The van der Waals surface area contributed by atoms with Crippen LogP contribution in [0.15, 0.2) is 24.3 Å². The van der Waals surface area contributed by atoms with Gasteiger partial charge in [-0.25, -0.2) is 13.1 Å². The molecule has 20 heavy (non-hydrogen) atoms. The van der Waals surface area contributed by atoms with Gasteiger partial charge in [0.25, 0.3) is 5.69 Å². The molecule has 0 unspecified atom stereocenters. The van der Waals surface area contributed by atoms with Crippen LogP contribution in [-0.4, -0.2) is 36.7 Å². The predicted molar refractivity (Wildman–Crippen MR) is 70.8 cm³/mol. The maximum absolute atomic E-state index is 11.4. The molecule has 110 valence electrons. The average Bonchev–Trinajstić information content (AvgIpc) is 2.37. The zero-order valence-electron chi connectivity index (χ0n) is 10.5. The van der Waals surface area contributed by atoms with E-state index in [0.717, 1.165) is 5.56 Å². The monoisotopic (exact) mass is 302 g/mol. The standard InChI is InChI=1S/C11H14N2O6S/c14-11(15)6-8-20(18,19)12-7-5-9-1-3-10(4-2-9)13(16)17/h1-4,12H,5-8H2,(H,14,15). The highest BCUT2D eigenvalue weighted by molar-refractivity contribution is 7.89. The van der Waals surface area contributed by atoms with Crippen LogP contribution >= 0.6 is 0 Å². The van der Waals surface area contributed by atoms with E-state index >= 15 is 0 Å². The van der Waals surface area contributed by atoms with Crippen molar-refractivity contribution in [2.45, 2.75) is 12.8 Å². The first-order valence-corrected chi connectivity index (χ1v) is 7.38. The molecule has 0 aliphatic carbocycles. The molecule has 1 rings (SSSR count). The third-order valence-electron chi connectivity index (χ3n) is 2.47. The highest BCUT2D eigenvalue weighted by Crippen LogP contribution is 2.11. The minimum Gasteiger partial charge on any atom is -0.481 e. The summed E-state index contributed by atoms with van der Waals surface area (Å²) in [7, 11) is -3.61. The van der Waals surface area contributed by atoms with Gasteiger partial charge < -0.3 is 5.11 Å². The van der Waals surface area contributed by atoms with Crippen LogP contribution in [0.2, 0.25) is 0 Å². The van der Waals surface area contributed by atoms with Crippen molar-refractivity contribution >= 4 is 21.7 Å². The van der Waals surface area contributed by atoms with Crippen LogP contribution in [0.1, 0.15) is 12.0 Å². The van der Waals surface area contributed by atoms with Crippen molar-refractivity contribution in [2.24, 2.45) is 0 Å². The number of nitro benzene ring substituents is 1. The van der Waals surface area contributed by atoms with Gasteiger partial charge in [-0.15, -0.1) is 0 Å². The minimum absolute atomic E-state index is 0.0317. The molecular formula is C11H14N2O6S. The Morgan fingerprint density at radius 1 is 1.30 bits per heavy atom. The lowest BCUT2D eigenvalue weighted by Gasteiger charge is -2.05. The summed E-state index contributed by atoms with van der Waals surface area (Å²) in [5, 5.41) is 18.9. The van der Waals surface area contributed by atoms with E-state index in [9.17, 15) is 23.3 Å². The van der Waals surface area contributed by atoms with Gasteiger partial charge in [-0.05, 0) is 12.0 Å². The van der Waals surface area contributed by atoms with Crippen molar-refractivity contribution < 1.29 is 23.2 Å². The lowest BCUT2D eigenvalue weighted by Crippen LogP contribution is -2.29. The average molecular weight is 302 g/mol. The Labute approximate surface area is 115 Å². The minimum atomic E-state index is -3.61. The topological polar surface area (TPSA) is 127 Å². The molecule has 0 heterocycles. The molecule has 0 spiro atoms. The Kier molecular flexibility index (Phi) is 5.59. The number of nitrogens with one attached hydrogen (secondary N) is 1. The summed E-state index contributed by atoms with van der Waals surface area (Å²) in [6.45, 7) is 0.111. The molecule has 0 aliphatic heterocycles. The van der Waals surface area contributed by atoms with E-state index in [1.807, 2.05) is 0 Å². The Hall–Kier alpha value is -2.00. The number of carboxylic acid groups (broad SMARTS) is 1. The summed E-state index contributed by atoms with van der Waals surface area (Å²) >= 11 is 0. The molecule has 0 aliphatic rings. The van der Waals surface area contributed by atoms with Crippen LogP contribution in [-0.2, 0) is 21.2 Å². The largest absolute Gasteiger partial charge is 0.481 e. The predicted octanol–water partition coefficient (Wildman–Crippen LogP) is 0.531. The maximum atomic E-state index is 11.4. The lowest BCUT2D eigenvalue weighted by molar-refractivity contribution is -0.384. The molecule has 9 heteroatoms. The number of rotatable bonds is 8. The van der Waals surface area contributed by atoms with Gasteiger partial charge in [0.05, 0.1) is 17.1 Å². The van der Waals surface area contributed by atoms with Crippen molar-refractivity contribution in [3.05, 3.63) is 39.9 Å². The number of nitro groups is 1. The van der Waals surface area contributed by atoms with Crippen molar-refractivity contribution in [3.63, 3.8) is 0 Å². The second kappa shape index (κ2) is 6.96. The number of nitrogens with zero attached hydrogens (tertiary/aromatic N) is 1. The summed E-state index contributed by atoms with van der Waals surface area (Å²) in [4.78, 5) is 20.2. The van der Waals surface area contributed by atoms with Gasteiger partial charge in [-0.1, -0.05) is 12.1 Å². The molecule has 0 saturated carbocycles. The molecule has 0 fully saturated rings. The van der Waals surface area contributed by atoms with E-state index in [2.05, 4.69) is 4.72 Å². The first-order chi connectivity index (χ1) is 9.30. The molecule has 1 aromatic rings. The molecule has 0 aromatic heterocycles.